The lowest BCUT2D eigenvalue weighted by atomic mass is 9.83. The normalized spacial score (nSPS) is 15.3. The van der Waals surface area contributed by atoms with Gasteiger partial charge in [-0.1, -0.05) is 86.6 Å². The van der Waals surface area contributed by atoms with Gasteiger partial charge in [0.15, 0.2) is 0 Å². The van der Waals surface area contributed by atoms with Gasteiger partial charge in [0.2, 0.25) is 0 Å². The largest absolute Gasteiger partial charge is 0.507 e. The van der Waals surface area contributed by atoms with Crippen LogP contribution in [0.3, 0.4) is 0 Å². The van der Waals surface area contributed by atoms with Crippen LogP contribution in [0.5, 0.6) is 11.5 Å². The molecule has 5 nitrogen and oxygen atoms in total. The van der Waals surface area contributed by atoms with E-state index >= 15 is 0 Å². The molecule has 183 valence electrons. The van der Waals surface area contributed by atoms with Crippen LogP contribution in [0.1, 0.15) is 57.8 Å². The second kappa shape index (κ2) is 10.7. The molecule has 0 amide bonds. The predicted molar refractivity (Wildman–Crippen MR) is 142 cm³/mol. The summed E-state index contributed by atoms with van der Waals surface area (Å²) >= 11 is 0. The number of aromatic hydroxyl groups is 1. The van der Waals surface area contributed by atoms with Crippen LogP contribution in [0.25, 0.3) is 0 Å². The Hall–Kier alpha value is -3.09. The maximum Gasteiger partial charge on any atom is 0.283 e. The van der Waals surface area contributed by atoms with E-state index in [9.17, 15) is 10.3 Å². The van der Waals surface area contributed by atoms with E-state index in [-0.39, 0.29) is 17.3 Å². The molecule has 0 heterocycles. The SMILES string of the molecule is CC(=NO)c1cc(C(O[Si](c2ccccc2)c2ccccc2)C(C)(C)C)c(OCC2CC2)cc1O. The molecule has 1 saturated carbocycles. The fourth-order valence-corrected chi connectivity index (χ4v) is 6.37. The molecule has 35 heavy (non-hydrogen) atoms. The van der Waals surface area contributed by atoms with Crippen molar-refractivity contribution >= 4 is 25.1 Å². The van der Waals surface area contributed by atoms with Gasteiger partial charge < -0.3 is 19.5 Å². The van der Waals surface area contributed by atoms with Crippen LogP contribution in [-0.2, 0) is 4.43 Å². The summed E-state index contributed by atoms with van der Waals surface area (Å²) in [7, 11) is -1.61. The van der Waals surface area contributed by atoms with E-state index < -0.39 is 9.04 Å². The lowest BCUT2D eigenvalue weighted by Gasteiger charge is -2.35. The quantitative estimate of drug-likeness (QED) is 0.186. The maximum absolute atomic E-state index is 10.7. The van der Waals surface area contributed by atoms with E-state index in [0.29, 0.717) is 29.5 Å². The standard InChI is InChI=1S/C29H34NO4Si/c1-20(30-32)24-17-25(27(18-26(24)31)33-19-21-15-16-21)28(29(2,3)4)34-35(22-11-7-5-8-12-22)23-13-9-6-10-14-23/h5-14,17-18,21,28,31-32H,15-16,19H2,1-4H3. The minimum Gasteiger partial charge on any atom is -0.507 e. The van der Waals surface area contributed by atoms with Crippen LogP contribution in [0.15, 0.2) is 78.0 Å². The molecule has 3 aromatic rings. The van der Waals surface area contributed by atoms with Gasteiger partial charge in [-0.15, -0.1) is 0 Å². The first-order chi connectivity index (χ1) is 16.8. The second-order valence-electron chi connectivity index (χ2n) is 10.3. The summed E-state index contributed by atoms with van der Waals surface area (Å²) in [6.07, 6.45) is 2.01. The van der Waals surface area contributed by atoms with Crippen LogP contribution in [-0.4, -0.2) is 31.7 Å². The summed E-state index contributed by atoms with van der Waals surface area (Å²) < 4.78 is 13.3. The van der Waals surface area contributed by atoms with Crippen molar-refractivity contribution in [2.45, 2.75) is 46.6 Å². The molecule has 0 saturated heterocycles. The number of hydrogen-bond donors (Lipinski definition) is 2. The minimum absolute atomic E-state index is 0.0270. The molecule has 0 bridgehead atoms. The van der Waals surface area contributed by atoms with Crippen LogP contribution in [0.4, 0.5) is 0 Å². The van der Waals surface area contributed by atoms with E-state index in [1.54, 1.807) is 13.0 Å². The first kappa shape index (κ1) is 25.0. The third-order valence-corrected chi connectivity index (χ3v) is 8.40. The molecule has 1 aliphatic rings. The summed E-state index contributed by atoms with van der Waals surface area (Å²) in [5.41, 5.74) is 1.37. The van der Waals surface area contributed by atoms with E-state index in [4.69, 9.17) is 9.16 Å². The Morgan fingerprint density at radius 1 is 1.00 bits per heavy atom. The van der Waals surface area contributed by atoms with Gasteiger partial charge in [-0.05, 0) is 47.5 Å². The number of rotatable bonds is 9. The summed E-state index contributed by atoms with van der Waals surface area (Å²) in [5.74, 6) is 1.21. The highest BCUT2D eigenvalue weighted by atomic mass is 28.3. The molecular formula is C29H34NO4Si. The van der Waals surface area contributed by atoms with Crippen LogP contribution >= 0.6 is 0 Å². The number of benzene rings is 3. The van der Waals surface area contributed by atoms with Gasteiger partial charge in [0, 0.05) is 17.2 Å². The molecular weight excluding hydrogens is 454 g/mol. The minimum atomic E-state index is -1.61. The maximum atomic E-state index is 10.7. The van der Waals surface area contributed by atoms with Gasteiger partial charge in [0.05, 0.1) is 18.4 Å². The molecule has 0 aromatic heterocycles. The average molecular weight is 489 g/mol. The molecule has 3 aromatic carbocycles. The first-order valence-corrected chi connectivity index (χ1v) is 13.5. The molecule has 0 spiro atoms. The van der Waals surface area contributed by atoms with Crippen molar-refractivity contribution in [1.82, 2.24) is 0 Å². The fourth-order valence-electron chi connectivity index (χ4n) is 4.06. The van der Waals surface area contributed by atoms with Gasteiger partial charge in [-0.3, -0.25) is 0 Å². The van der Waals surface area contributed by atoms with Gasteiger partial charge in [-0.25, -0.2) is 0 Å². The summed E-state index contributed by atoms with van der Waals surface area (Å²) in [6, 6.07) is 24.2. The number of phenols is 1. The zero-order valence-corrected chi connectivity index (χ0v) is 21.9. The van der Waals surface area contributed by atoms with Gasteiger partial charge in [-0.2, -0.15) is 0 Å². The van der Waals surface area contributed by atoms with Gasteiger partial charge in [0.1, 0.15) is 11.5 Å². The second-order valence-corrected chi connectivity index (χ2v) is 12.3. The lowest BCUT2D eigenvalue weighted by molar-refractivity contribution is 0.0859. The Morgan fingerprint density at radius 2 is 1.57 bits per heavy atom. The average Bonchev–Trinajstić information content (AvgIpc) is 3.68. The summed E-state index contributed by atoms with van der Waals surface area (Å²) in [5, 5.41) is 25.8. The Bertz CT molecular complexity index is 1120. The van der Waals surface area contributed by atoms with Crippen LogP contribution in [0.2, 0.25) is 0 Å². The molecule has 0 aliphatic heterocycles. The molecule has 6 heteroatoms. The van der Waals surface area contributed by atoms with Crippen LogP contribution in [0, 0.1) is 11.3 Å². The summed E-state index contributed by atoms with van der Waals surface area (Å²) in [6.45, 7) is 8.73. The zero-order valence-electron chi connectivity index (χ0n) is 20.9. The molecule has 1 aliphatic carbocycles. The van der Waals surface area contributed by atoms with Crippen molar-refractivity contribution in [3.63, 3.8) is 0 Å². The van der Waals surface area contributed by atoms with Gasteiger partial charge >= 0.3 is 0 Å². The molecule has 1 radical (unpaired) electrons. The zero-order chi connectivity index (χ0) is 25.0. The van der Waals surface area contributed by atoms with E-state index in [2.05, 4.69) is 50.2 Å². The number of ether oxygens (including phenoxy) is 1. The number of hydrogen-bond acceptors (Lipinski definition) is 5. The first-order valence-electron chi connectivity index (χ1n) is 12.1. The molecule has 2 N–H and O–H groups in total. The van der Waals surface area contributed by atoms with Crippen molar-refractivity contribution in [3.8, 4) is 11.5 Å². The van der Waals surface area contributed by atoms with Crippen molar-refractivity contribution in [1.29, 1.82) is 0 Å². The van der Waals surface area contributed by atoms with Crippen molar-refractivity contribution in [3.05, 3.63) is 83.9 Å². The Kier molecular flexibility index (Phi) is 7.62. The Labute approximate surface area is 209 Å². The van der Waals surface area contributed by atoms with Gasteiger partial charge in [0.25, 0.3) is 9.04 Å². The summed E-state index contributed by atoms with van der Waals surface area (Å²) in [4.78, 5) is 0. The van der Waals surface area contributed by atoms with E-state index in [0.717, 1.165) is 15.9 Å². The highest BCUT2D eigenvalue weighted by molar-refractivity contribution is 6.80. The monoisotopic (exact) mass is 488 g/mol. The van der Waals surface area contributed by atoms with Crippen molar-refractivity contribution in [2.75, 3.05) is 6.61 Å². The third kappa shape index (κ3) is 6.13. The Morgan fingerprint density at radius 3 is 2.06 bits per heavy atom. The number of nitrogens with zero attached hydrogens (tertiary/aromatic N) is 1. The highest BCUT2D eigenvalue weighted by Crippen LogP contribution is 2.44. The number of phenolic OH excluding ortho intramolecular Hbond substituents is 1. The molecule has 1 unspecified atom stereocenters. The molecule has 4 rings (SSSR count). The lowest BCUT2D eigenvalue weighted by Crippen LogP contribution is -2.47. The van der Waals surface area contributed by atoms with E-state index in [1.807, 2.05) is 42.5 Å². The van der Waals surface area contributed by atoms with E-state index in [1.165, 1.54) is 12.8 Å². The van der Waals surface area contributed by atoms with Crippen molar-refractivity contribution in [2.24, 2.45) is 16.5 Å². The Balaban J connectivity index is 1.82. The highest BCUT2D eigenvalue weighted by Gasteiger charge is 2.35. The molecule has 1 fully saturated rings. The third-order valence-electron chi connectivity index (χ3n) is 6.22. The fraction of sp³-hybridized carbons (Fsp3) is 0.345. The van der Waals surface area contributed by atoms with Crippen molar-refractivity contribution < 1.29 is 19.5 Å². The van der Waals surface area contributed by atoms with Crippen LogP contribution < -0.4 is 15.1 Å². The predicted octanol–water partition coefficient (Wildman–Crippen LogP) is 5.29. The topological polar surface area (TPSA) is 71.3 Å². The number of oxime groups is 1. The smallest absolute Gasteiger partial charge is 0.283 e. The molecule has 1 atom stereocenters.